The van der Waals surface area contributed by atoms with E-state index < -0.39 is 60.2 Å². The Morgan fingerprint density at radius 3 is 1.85 bits per heavy atom. The number of primary amides is 1. The summed E-state index contributed by atoms with van der Waals surface area (Å²) in [5.74, 6) is -4.64. The Morgan fingerprint density at radius 1 is 0.824 bits per heavy atom. The van der Waals surface area contributed by atoms with Crippen LogP contribution in [0.4, 0.5) is 0 Å². The predicted octanol–water partition coefficient (Wildman–Crippen LogP) is -1.05. The van der Waals surface area contributed by atoms with Gasteiger partial charge in [0.1, 0.15) is 18.1 Å². The number of carbonyl (C=O) groups excluding carboxylic acids is 4. The molecule has 12 nitrogen and oxygen atoms in total. The van der Waals surface area contributed by atoms with Gasteiger partial charge in [0, 0.05) is 0 Å². The van der Waals surface area contributed by atoms with Gasteiger partial charge in [-0.2, -0.15) is 0 Å². The zero-order valence-electron chi connectivity index (χ0n) is 20.6. The molecule has 0 aromatic carbocycles. The Bertz CT molecular complexity index is 703. The van der Waals surface area contributed by atoms with Crippen molar-refractivity contribution in [1.29, 1.82) is 0 Å². The van der Waals surface area contributed by atoms with Gasteiger partial charge in [-0.15, -0.1) is 0 Å². The molecule has 0 saturated carbocycles. The molecule has 0 heterocycles. The number of unbranched alkanes of at least 4 members (excludes halogenated alkanes) is 1. The number of rotatable bonds is 17. The molecule has 6 unspecified atom stereocenters. The Kier molecular flexibility index (Phi) is 14.7. The van der Waals surface area contributed by atoms with Crippen molar-refractivity contribution in [3.63, 3.8) is 0 Å². The van der Waals surface area contributed by atoms with E-state index in [0.29, 0.717) is 32.2 Å². The maximum absolute atomic E-state index is 13.0. The summed E-state index contributed by atoms with van der Waals surface area (Å²) in [5, 5.41) is 16.9. The number of hydrogen-bond donors (Lipinski definition) is 7. The minimum absolute atomic E-state index is 0.164. The first-order valence-corrected chi connectivity index (χ1v) is 11.8. The molecule has 0 rings (SSSR count). The van der Waals surface area contributed by atoms with Crippen LogP contribution in [0.3, 0.4) is 0 Å². The molecule has 196 valence electrons. The van der Waals surface area contributed by atoms with Crippen LogP contribution in [-0.2, 0) is 24.0 Å². The first kappa shape index (κ1) is 31.3. The highest BCUT2D eigenvalue weighted by Gasteiger charge is 2.33. The molecular formula is C22H42N6O6. The van der Waals surface area contributed by atoms with Gasteiger partial charge < -0.3 is 38.3 Å². The molecule has 6 atom stereocenters. The molecule has 10 N–H and O–H groups in total. The van der Waals surface area contributed by atoms with Gasteiger partial charge in [-0.1, -0.05) is 40.5 Å². The highest BCUT2D eigenvalue weighted by Crippen LogP contribution is 2.11. The van der Waals surface area contributed by atoms with Gasteiger partial charge >= 0.3 is 5.97 Å². The first-order chi connectivity index (χ1) is 15.9. The maximum Gasteiger partial charge on any atom is 0.326 e. The third-order valence-electron chi connectivity index (χ3n) is 5.95. The topological polar surface area (TPSA) is 220 Å². The number of carbonyl (C=O) groups is 5. The van der Waals surface area contributed by atoms with E-state index in [1.54, 1.807) is 20.8 Å². The van der Waals surface area contributed by atoms with Crippen LogP contribution in [0.1, 0.15) is 66.2 Å². The van der Waals surface area contributed by atoms with Crippen LogP contribution in [0.15, 0.2) is 0 Å². The van der Waals surface area contributed by atoms with Gasteiger partial charge in [0.2, 0.25) is 23.6 Å². The Hall–Kier alpha value is -2.73. The fraction of sp³-hybridized carbons (Fsp3) is 0.773. The summed E-state index contributed by atoms with van der Waals surface area (Å²) in [6.07, 6.45) is 1.95. The summed E-state index contributed by atoms with van der Waals surface area (Å²) in [5.41, 5.74) is 16.6. The predicted molar refractivity (Wildman–Crippen MR) is 127 cm³/mol. The lowest BCUT2D eigenvalue weighted by molar-refractivity contribution is -0.143. The molecule has 0 fully saturated rings. The molecule has 4 amide bonds. The van der Waals surface area contributed by atoms with Gasteiger partial charge in [0.25, 0.3) is 0 Å². The van der Waals surface area contributed by atoms with Crippen molar-refractivity contribution in [2.75, 3.05) is 6.54 Å². The second kappa shape index (κ2) is 16.0. The monoisotopic (exact) mass is 486 g/mol. The van der Waals surface area contributed by atoms with Gasteiger partial charge in [-0.25, -0.2) is 4.79 Å². The van der Waals surface area contributed by atoms with Gasteiger partial charge in [-0.3, -0.25) is 19.2 Å². The zero-order valence-corrected chi connectivity index (χ0v) is 20.6. The Morgan fingerprint density at radius 2 is 1.38 bits per heavy atom. The van der Waals surface area contributed by atoms with E-state index in [9.17, 15) is 29.1 Å². The number of nitrogens with two attached hydrogens (primary N) is 3. The normalized spacial score (nSPS) is 16.3. The Labute approximate surface area is 201 Å². The molecule has 0 aliphatic carbocycles. The van der Waals surface area contributed by atoms with Crippen LogP contribution in [0.2, 0.25) is 0 Å². The molecule has 0 aliphatic heterocycles. The standard InChI is InChI=1S/C22H42N6O6/c1-5-12(3)17(25)20(31)27-15(11-16(24)29)19(30)28-18(13(4)6-2)21(32)26-14(22(33)34)9-7-8-10-23/h12-15,17-18H,5-11,23,25H2,1-4H3,(H2,24,29)(H,26,32)(H,27,31)(H,28,30)(H,33,34). The smallest absolute Gasteiger partial charge is 0.326 e. The number of nitrogens with one attached hydrogen (secondary N) is 3. The number of carboxylic acid groups (broad SMARTS) is 1. The first-order valence-electron chi connectivity index (χ1n) is 11.8. The lowest BCUT2D eigenvalue weighted by atomic mass is 9.96. The quantitative estimate of drug-likeness (QED) is 0.125. The third kappa shape index (κ3) is 10.9. The molecule has 0 saturated heterocycles. The van der Waals surface area contributed by atoms with E-state index in [-0.39, 0.29) is 18.3 Å². The van der Waals surface area contributed by atoms with Crippen LogP contribution in [0.5, 0.6) is 0 Å². The molecule has 0 radical (unpaired) electrons. The number of aliphatic carboxylic acids is 1. The van der Waals surface area contributed by atoms with Gasteiger partial charge in [0.05, 0.1) is 12.5 Å². The molecule has 34 heavy (non-hydrogen) atoms. The Balaban J connectivity index is 5.56. The summed E-state index contributed by atoms with van der Waals surface area (Å²) in [4.78, 5) is 61.4. The number of carboxylic acids is 1. The zero-order chi connectivity index (χ0) is 26.4. The SMILES string of the molecule is CCC(C)C(N)C(=O)NC(CC(N)=O)C(=O)NC(C(=O)NC(CCCCN)C(=O)O)C(C)CC. The second-order valence-corrected chi connectivity index (χ2v) is 8.70. The third-order valence-corrected chi connectivity index (χ3v) is 5.95. The summed E-state index contributed by atoms with van der Waals surface area (Å²) in [6, 6.07) is -4.47. The van der Waals surface area contributed by atoms with Crippen molar-refractivity contribution in [2.24, 2.45) is 29.0 Å². The number of amides is 4. The van der Waals surface area contributed by atoms with Crippen molar-refractivity contribution >= 4 is 29.6 Å². The fourth-order valence-corrected chi connectivity index (χ4v) is 3.16. The lowest BCUT2D eigenvalue weighted by Gasteiger charge is -2.28. The minimum Gasteiger partial charge on any atom is -0.480 e. The van der Waals surface area contributed by atoms with Crippen molar-refractivity contribution in [2.45, 2.75) is 90.4 Å². The summed E-state index contributed by atoms with van der Waals surface area (Å²) < 4.78 is 0. The van der Waals surface area contributed by atoms with E-state index >= 15 is 0 Å². The van der Waals surface area contributed by atoms with E-state index in [0.717, 1.165) is 0 Å². The minimum atomic E-state index is -1.33. The van der Waals surface area contributed by atoms with Gasteiger partial charge in [0.15, 0.2) is 0 Å². The van der Waals surface area contributed by atoms with E-state index in [4.69, 9.17) is 17.2 Å². The van der Waals surface area contributed by atoms with Crippen LogP contribution in [0, 0.1) is 11.8 Å². The molecule has 0 spiro atoms. The van der Waals surface area contributed by atoms with Crippen molar-refractivity contribution in [1.82, 2.24) is 16.0 Å². The highest BCUT2D eigenvalue weighted by molar-refractivity contribution is 5.96. The lowest BCUT2D eigenvalue weighted by Crippen LogP contribution is -2.59. The van der Waals surface area contributed by atoms with Crippen LogP contribution in [-0.4, -0.2) is 65.4 Å². The molecule has 0 aromatic rings. The molecule has 0 bridgehead atoms. The number of hydrogen-bond acceptors (Lipinski definition) is 7. The van der Waals surface area contributed by atoms with Crippen molar-refractivity contribution in [3.8, 4) is 0 Å². The molecule has 12 heteroatoms. The summed E-state index contributed by atoms with van der Waals surface area (Å²) in [6.45, 7) is 7.57. The van der Waals surface area contributed by atoms with E-state index in [1.807, 2.05) is 6.92 Å². The van der Waals surface area contributed by atoms with Crippen LogP contribution in [0.25, 0.3) is 0 Å². The van der Waals surface area contributed by atoms with Gasteiger partial charge in [-0.05, 0) is 37.6 Å². The summed E-state index contributed by atoms with van der Waals surface area (Å²) in [7, 11) is 0. The largest absolute Gasteiger partial charge is 0.480 e. The van der Waals surface area contributed by atoms with Crippen molar-refractivity contribution < 1.29 is 29.1 Å². The summed E-state index contributed by atoms with van der Waals surface area (Å²) >= 11 is 0. The average Bonchev–Trinajstić information content (AvgIpc) is 2.78. The molecule has 0 aliphatic rings. The fourth-order valence-electron chi connectivity index (χ4n) is 3.16. The van der Waals surface area contributed by atoms with Crippen LogP contribution < -0.4 is 33.2 Å². The van der Waals surface area contributed by atoms with E-state index in [1.165, 1.54) is 0 Å². The van der Waals surface area contributed by atoms with Crippen LogP contribution >= 0.6 is 0 Å². The highest BCUT2D eigenvalue weighted by atomic mass is 16.4. The maximum atomic E-state index is 13.0. The van der Waals surface area contributed by atoms with E-state index in [2.05, 4.69) is 16.0 Å². The average molecular weight is 487 g/mol. The second-order valence-electron chi connectivity index (χ2n) is 8.70. The molecule has 0 aromatic heterocycles. The molecular weight excluding hydrogens is 444 g/mol. The van der Waals surface area contributed by atoms with Crippen molar-refractivity contribution in [3.05, 3.63) is 0 Å².